The molecule has 20 heavy (non-hydrogen) atoms. The molecule has 2 aliphatic carbocycles. The molecule has 0 aromatic carbocycles. The molecule has 0 unspecified atom stereocenters. The molecule has 2 rings (SSSR count). The third-order valence-electron chi connectivity index (χ3n) is 5.19. The van der Waals surface area contributed by atoms with Crippen molar-refractivity contribution in [3.05, 3.63) is 0 Å². The number of amides is 1. The molecular weight excluding hydrogens is 272 g/mol. The summed E-state index contributed by atoms with van der Waals surface area (Å²) < 4.78 is 0. The van der Waals surface area contributed by atoms with E-state index in [1.54, 1.807) is 0 Å². The fourth-order valence-electron chi connectivity index (χ4n) is 3.98. The van der Waals surface area contributed by atoms with E-state index in [9.17, 15) is 4.79 Å². The Morgan fingerprint density at radius 2 is 1.85 bits per heavy atom. The van der Waals surface area contributed by atoms with Crippen molar-refractivity contribution >= 4 is 18.3 Å². The first-order valence-electron chi connectivity index (χ1n) is 8.25. The average molecular weight is 303 g/mol. The summed E-state index contributed by atoms with van der Waals surface area (Å²) in [5, 5.41) is 3.29. The van der Waals surface area contributed by atoms with Crippen LogP contribution < -0.4 is 11.1 Å². The highest BCUT2D eigenvalue weighted by atomic mass is 35.5. The fraction of sp³-hybridized carbons (Fsp3) is 0.938. The highest BCUT2D eigenvalue weighted by Crippen LogP contribution is 2.32. The van der Waals surface area contributed by atoms with Crippen molar-refractivity contribution < 1.29 is 4.79 Å². The van der Waals surface area contributed by atoms with E-state index in [2.05, 4.69) is 12.2 Å². The number of nitrogens with two attached hydrogens (primary N) is 1. The smallest absolute Gasteiger partial charge is 0.223 e. The summed E-state index contributed by atoms with van der Waals surface area (Å²) in [5.74, 6) is 1.81. The number of carbonyl (C=O) groups is 1. The second-order valence-electron chi connectivity index (χ2n) is 6.55. The molecular formula is C16H31ClN2O. The lowest BCUT2D eigenvalue weighted by molar-refractivity contribution is -0.127. The third kappa shape index (κ3) is 4.63. The van der Waals surface area contributed by atoms with Crippen molar-refractivity contribution in [2.75, 3.05) is 6.54 Å². The summed E-state index contributed by atoms with van der Waals surface area (Å²) in [6.45, 7) is 2.93. The maximum absolute atomic E-state index is 12.3. The number of hydrogen-bond donors (Lipinski definition) is 2. The Kier molecular flexibility index (Phi) is 7.90. The van der Waals surface area contributed by atoms with Crippen LogP contribution in [0.4, 0.5) is 0 Å². The van der Waals surface area contributed by atoms with E-state index in [-0.39, 0.29) is 24.2 Å². The largest absolute Gasteiger partial charge is 0.353 e. The van der Waals surface area contributed by atoms with Gasteiger partial charge in [-0.25, -0.2) is 0 Å². The highest BCUT2D eigenvalue weighted by molar-refractivity contribution is 5.85. The van der Waals surface area contributed by atoms with Crippen LogP contribution in [0, 0.1) is 17.8 Å². The topological polar surface area (TPSA) is 55.1 Å². The van der Waals surface area contributed by atoms with Gasteiger partial charge in [0.25, 0.3) is 0 Å². The molecule has 0 aromatic rings. The van der Waals surface area contributed by atoms with E-state index < -0.39 is 0 Å². The van der Waals surface area contributed by atoms with Crippen LogP contribution in [0.2, 0.25) is 0 Å². The predicted octanol–water partition coefficient (Wildman–Crippen LogP) is 3.26. The first kappa shape index (κ1) is 17.8. The van der Waals surface area contributed by atoms with Crippen LogP contribution in [0.25, 0.3) is 0 Å². The van der Waals surface area contributed by atoms with Gasteiger partial charge in [0.15, 0.2) is 0 Å². The van der Waals surface area contributed by atoms with Crippen LogP contribution in [0.5, 0.6) is 0 Å². The van der Waals surface area contributed by atoms with E-state index in [1.807, 2.05) is 0 Å². The van der Waals surface area contributed by atoms with Crippen molar-refractivity contribution in [2.24, 2.45) is 23.5 Å². The molecule has 1 amide bonds. The van der Waals surface area contributed by atoms with E-state index >= 15 is 0 Å². The molecule has 0 radical (unpaired) electrons. The van der Waals surface area contributed by atoms with Crippen LogP contribution >= 0.6 is 12.4 Å². The van der Waals surface area contributed by atoms with E-state index in [1.165, 1.54) is 44.9 Å². The Bertz CT molecular complexity index is 290. The molecule has 0 aliphatic heterocycles. The number of nitrogens with one attached hydrogen (secondary N) is 1. The van der Waals surface area contributed by atoms with Gasteiger partial charge < -0.3 is 11.1 Å². The second kappa shape index (κ2) is 8.89. The summed E-state index contributed by atoms with van der Waals surface area (Å²) in [6, 6.07) is 0.430. The highest BCUT2D eigenvalue weighted by Gasteiger charge is 2.33. The zero-order valence-corrected chi connectivity index (χ0v) is 13.6. The molecule has 2 fully saturated rings. The van der Waals surface area contributed by atoms with Crippen LogP contribution in [-0.2, 0) is 4.79 Å². The second-order valence-corrected chi connectivity index (χ2v) is 6.55. The molecule has 0 saturated heterocycles. The van der Waals surface area contributed by atoms with Crippen molar-refractivity contribution in [1.29, 1.82) is 0 Å². The van der Waals surface area contributed by atoms with Crippen LogP contribution in [0.1, 0.15) is 64.7 Å². The number of hydrogen-bond acceptors (Lipinski definition) is 2. The van der Waals surface area contributed by atoms with Crippen molar-refractivity contribution in [1.82, 2.24) is 5.32 Å². The van der Waals surface area contributed by atoms with Gasteiger partial charge in [0.1, 0.15) is 0 Å². The quantitative estimate of drug-likeness (QED) is 0.819. The summed E-state index contributed by atoms with van der Waals surface area (Å²) >= 11 is 0. The molecule has 2 aliphatic rings. The van der Waals surface area contributed by atoms with Gasteiger partial charge >= 0.3 is 0 Å². The standard InChI is InChI=1S/C16H30N2O.ClH/c1-2-4-12-7-9-14(10-8-12)18-16(19)15-6-3-5-13(15)11-17;/h12-15H,2-11,17H2,1H3,(H,18,19);1H/t12?,13-,14?,15-;/m1./s1. The van der Waals surface area contributed by atoms with E-state index in [0.717, 1.165) is 18.8 Å². The summed E-state index contributed by atoms with van der Waals surface area (Å²) in [4.78, 5) is 12.3. The molecule has 0 heterocycles. The number of rotatable bonds is 5. The minimum Gasteiger partial charge on any atom is -0.353 e. The van der Waals surface area contributed by atoms with Gasteiger partial charge in [-0.05, 0) is 56.9 Å². The van der Waals surface area contributed by atoms with Crippen LogP contribution in [-0.4, -0.2) is 18.5 Å². The SMILES string of the molecule is CCCC1CCC(NC(=O)[C@@H]2CCC[C@@H]2CN)CC1.Cl. The minimum atomic E-state index is 0. The number of carbonyl (C=O) groups excluding carboxylic acids is 1. The van der Waals surface area contributed by atoms with Crippen molar-refractivity contribution in [3.8, 4) is 0 Å². The third-order valence-corrected chi connectivity index (χ3v) is 5.19. The molecule has 0 spiro atoms. The summed E-state index contributed by atoms with van der Waals surface area (Å²) in [7, 11) is 0. The zero-order chi connectivity index (χ0) is 13.7. The van der Waals surface area contributed by atoms with Gasteiger partial charge in [-0.15, -0.1) is 12.4 Å². The summed E-state index contributed by atoms with van der Waals surface area (Å²) in [5.41, 5.74) is 5.77. The molecule has 4 heteroatoms. The first-order chi connectivity index (χ1) is 9.24. The Labute approximate surface area is 129 Å². The van der Waals surface area contributed by atoms with E-state index in [4.69, 9.17) is 5.73 Å². The Balaban J connectivity index is 0.00000200. The average Bonchev–Trinajstić information content (AvgIpc) is 2.90. The van der Waals surface area contributed by atoms with Crippen LogP contribution in [0.3, 0.4) is 0 Å². The zero-order valence-electron chi connectivity index (χ0n) is 12.8. The normalized spacial score (nSPS) is 33.5. The van der Waals surface area contributed by atoms with Gasteiger partial charge in [0.2, 0.25) is 5.91 Å². The van der Waals surface area contributed by atoms with E-state index in [0.29, 0.717) is 18.5 Å². The van der Waals surface area contributed by atoms with Crippen molar-refractivity contribution in [3.63, 3.8) is 0 Å². The fourth-order valence-corrected chi connectivity index (χ4v) is 3.98. The maximum Gasteiger partial charge on any atom is 0.223 e. The molecule has 2 saturated carbocycles. The van der Waals surface area contributed by atoms with Gasteiger partial charge in [-0.1, -0.05) is 26.2 Å². The van der Waals surface area contributed by atoms with Gasteiger partial charge in [0.05, 0.1) is 0 Å². The Morgan fingerprint density at radius 3 is 2.45 bits per heavy atom. The molecule has 0 bridgehead atoms. The predicted molar refractivity (Wildman–Crippen MR) is 85.9 cm³/mol. The molecule has 3 N–H and O–H groups in total. The Morgan fingerprint density at radius 1 is 1.15 bits per heavy atom. The number of halogens is 1. The van der Waals surface area contributed by atoms with Crippen molar-refractivity contribution in [2.45, 2.75) is 70.8 Å². The monoisotopic (exact) mass is 302 g/mol. The molecule has 2 atom stereocenters. The minimum absolute atomic E-state index is 0. The molecule has 0 aromatic heterocycles. The van der Waals surface area contributed by atoms with Gasteiger partial charge in [-0.2, -0.15) is 0 Å². The van der Waals surface area contributed by atoms with Crippen LogP contribution in [0.15, 0.2) is 0 Å². The van der Waals surface area contributed by atoms with Gasteiger partial charge in [-0.3, -0.25) is 4.79 Å². The lowest BCUT2D eigenvalue weighted by Gasteiger charge is -2.30. The maximum atomic E-state index is 12.3. The lowest BCUT2D eigenvalue weighted by atomic mass is 9.83. The lowest BCUT2D eigenvalue weighted by Crippen LogP contribution is -2.42. The summed E-state index contributed by atoms with van der Waals surface area (Å²) in [6.07, 6.45) is 10.9. The first-order valence-corrected chi connectivity index (χ1v) is 8.25. The van der Waals surface area contributed by atoms with Gasteiger partial charge in [0, 0.05) is 12.0 Å². The molecule has 3 nitrogen and oxygen atoms in total. The molecule has 118 valence electrons. The Hall–Kier alpha value is -0.280.